The summed E-state index contributed by atoms with van der Waals surface area (Å²) in [6.45, 7) is 0.658. The number of hydrogen-bond acceptors (Lipinski definition) is 5. The molecule has 86 valence electrons. The molecule has 0 spiro atoms. The van der Waals surface area contributed by atoms with Crippen LogP contribution >= 0.6 is 0 Å². The molecule has 0 aliphatic heterocycles. The molecular formula is C10H16O5. The fraction of sp³-hybridized carbons (Fsp3) is 0.800. The van der Waals surface area contributed by atoms with Gasteiger partial charge in [0.2, 0.25) is 0 Å². The van der Waals surface area contributed by atoms with E-state index in [2.05, 4.69) is 9.47 Å². The number of ether oxygens (including phenoxy) is 2. The second-order valence-corrected chi connectivity index (χ2v) is 3.84. The molecule has 0 saturated heterocycles. The molecule has 5 heteroatoms. The van der Waals surface area contributed by atoms with Crippen LogP contribution in [-0.4, -0.2) is 37.9 Å². The third kappa shape index (κ3) is 2.92. The lowest BCUT2D eigenvalue weighted by atomic mass is 9.97. The van der Waals surface area contributed by atoms with Crippen molar-refractivity contribution in [3.8, 4) is 0 Å². The lowest BCUT2D eigenvalue weighted by molar-refractivity contribution is -0.148. The van der Waals surface area contributed by atoms with Gasteiger partial charge in [0, 0.05) is 12.5 Å². The number of esters is 1. The predicted molar refractivity (Wildman–Crippen MR) is 50.8 cm³/mol. The summed E-state index contributed by atoms with van der Waals surface area (Å²) in [5.41, 5.74) is 0. The molecule has 0 amide bonds. The molecule has 1 rings (SSSR count). The zero-order chi connectivity index (χ0) is 11.3. The van der Waals surface area contributed by atoms with Gasteiger partial charge in [-0.1, -0.05) is 0 Å². The normalized spacial score (nSPS) is 29.9. The summed E-state index contributed by atoms with van der Waals surface area (Å²) in [5, 5.41) is 9.02. The Hall–Kier alpha value is -1.10. The van der Waals surface area contributed by atoms with Gasteiger partial charge in [0.1, 0.15) is 0 Å². The van der Waals surface area contributed by atoms with Gasteiger partial charge in [-0.3, -0.25) is 9.59 Å². The van der Waals surface area contributed by atoms with Gasteiger partial charge in [0.15, 0.2) is 0 Å². The zero-order valence-corrected chi connectivity index (χ0v) is 8.72. The van der Waals surface area contributed by atoms with Crippen molar-refractivity contribution in [3.63, 3.8) is 0 Å². The van der Waals surface area contributed by atoms with Gasteiger partial charge in [-0.2, -0.15) is 0 Å². The molecule has 5 nitrogen and oxygen atoms in total. The second kappa shape index (κ2) is 5.70. The molecular weight excluding hydrogens is 200 g/mol. The first-order chi connectivity index (χ1) is 7.22. The fourth-order valence-electron chi connectivity index (χ4n) is 2.18. The van der Waals surface area contributed by atoms with E-state index in [0.29, 0.717) is 19.3 Å². The van der Waals surface area contributed by atoms with Crippen molar-refractivity contribution in [2.75, 3.05) is 20.3 Å². The molecule has 3 atom stereocenters. The van der Waals surface area contributed by atoms with Crippen molar-refractivity contribution < 1.29 is 24.2 Å². The largest absolute Gasteiger partial charge is 0.469 e. The minimum absolute atomic E-state index is 0.0280. The summed E-state index contributed by atoms with van der Waals surface area (Å²) in [5.74, 6) is -0.466. The molecule has 1 N–H and O–H groups in total. The van der Waals surface area contributed by atoms with Crippen LogP contribution in [0.3, 0.4) is 0 Å². The van der Waals surface area contributed by atoms with E-state index in [0.717, 1.165) is 0 Å². The summed E-state index contributed by atoms with van der Waals surface area (Å²) in [4.78, 5) is 21.5. The molecule has 1 saturated carbocycles. The molecule has 1 aliphatic carbocycles. The monoisotopic (exact) mass is 216 g/mol. The van der Waals surface area contributed by atoms with Gasteiger partial charge in [0.05, 0.1) is 19.6 Å². The lowest BCUT2D eigenvalue weighted by Gasteiger charge is -2.15. The van der Waals surface area contributed by atoms with E-state index in [1.807, 2.05) is 0 Å². The van der Waals surface area contributed by atoms with E-state index in [1.165, 1.54) is 7.11 Å². The van der Waals surface area contributed by atoms with Crippen molar-refractivity contribution in [1.29, 1.82) is 0 Å². The van der Waals surface area contributed by atoms with E-state index >= 15 is 0 Å². The molecule has 1 unspecified atom stereocenters. The van der Waals surface area contributed by atoms with Gasteiger partial charge in [0.25, 0.3) is 6.47 Å². The predicted octanol–water partition coefficient (Wildman–Crippen LogP) is -0.0329. The van der Waals surface area contributed by atoms with Gasteiger partial charge in [-0.05, 0) is 18.8 Å². The van der Waals surface area contributed by atoms with Crippen LogP contribution in [0.1, 0.15) is 12.8 Å². The summed E-state index contributed by atoms with van der Waals surface area (Å²) in [7, 11) is 1.34. The Kier molecular flexibility index (Phi) is 4.55. The van der Waals surface area contributed by atoms with Crippen molar-refractivity contribution in [1.82, 2.24) is 0 Å². The van der Waals surface area contributed by atoms with Gasteiger partial charge < -0.3 is 14.6 Å². The first-order valence-corrected chi connectivity index (χ1v) is 4.96. The highest BCUT2D eigenvalue weighted by molar-refractivity contribution is 5.73. The summed E-state index contributed by atoms with van der Waals surface area (Å²) in [6, 6.07) is 0. The number of carbonyl (C=O) groups is 2. The molecule has 0 aromatic rings. The molecule has 1 fully saturated rings. The standard InChI is InChI=1S/C10H16O5/c1-14-10(13)9-3-7(4-11)2-8(9)5-15-6-12/h6-9,11H,2-5H2,1H3/t7?,8-,9+/m1/s1. The number of aliphatic hydroxyl groups excluding tert-OH is 1. The van der Waals surface area contributed by atoms with Crippen LogP contribution in [0.25, 0.3) is 0 Å². The summed E-state index contributed by atoms with van der Waals surface area (Å²) in [6.07, 6.45) is 1.31. The summed E-state index contributed by atoms with van der Waals surface area (Å²) < 4.78 is 9.34. The Labute approximate surface area is 88.4 Å². The molecule has 0 radical (unpaired) electrons. The Morgan fingerprint density at radius 2 is 2.27 bits per heavy atom. The minimum Gasteiger partial charge on any atom is -0.469 e. The maximum atomic E-state index is 11.4. The quantitative estimate of drug-likeness (QED) is 0.516. The molecule has 15 heavy (non-hydrogen) atoms. The molecule has 0 aromatic heterocycles. The van der Waals surface area contributed by atoms with Crippen LogP contribution in [0.4, 0.5) is 0 Å². The van der Waals surface area contributed by atoms with E-state index in [1.54, 1.807) is 0 Å². The van der Waals surface area contributed by atoms with Crippen LogP contribution in [0.2, 0.25) is 0 Å². The lowest BCUT2D eigenvalue weighted by Crippen LogP contribution is -2.23. The molecule has 0 heterocycles. The molecule has 1 aliphatic rings. The van der Waals surface area contributed by atoms with E-state index in [9.17, 15) is 9.59 Å². The van der Waals surface area contributed by atoms with Crippen molar-refractivity contribution in [2.45, 2.75) is 12.8 Å². The highest BCUT2D eigenvalue weighted by Gasteiger charge is 2.39. The Balaban J connectivity index is 2.56. The average Bonchev–Trinajstić information content (AvgIpc) is 2.68. The topological polar surface area (TPSA) is 72.8 Å². The number of hydrogen-bond donors (Lipinski definition) is 1. The Morgan fingerprint density at radius 3 is 2.80 bits per heavy atom. The zero-order valence-electron chi connectivity index (χ0n) is 8.72. The van der Waals surface area contributed by atoms with Crippen LogP contribution in [0.15, 0.2) is 0 Å². The van der Waals surface area contributed by atoms with Gasteiger partial charge >= 0.3 is 5.97 Å². The Morgan fingerprint density at radius 1 is 1.53 bits per heavy atom. The van der Waals surface area contributed by atoms with E-state index in [4.69, 9.17) is 5.11 Å². The van der Waals surface area contributed by atoms with Crippen molar-refractivity contribution >= 4 is 12.4 Å². The minimum atomic E-state index is -0.287. The Bertz CT molecular complexity index is 228. The second-order valence-electron chi connectivity index (χ2n) is 3.84. The highest BCUT2D eigenvalue weighted by atomic mass is 16.5. The van der Waals surface area contributed by atoms with E-state index < -0.39 is 0 Å². The van der Waals surface area contributed by atoms with Crippen LogP contribution in [0.5, 0.6) is 0 Å². The number of carbonyl (C=O) groups excluding carboxylic acids is 2. The smallest absolute Gasteiger partial charge is 0.309 e. The van der Waals surface area contributed by atoms with Gasteiger partial charge in [-0.25, -0.2) is 0 Å². The average molecular weight is 216 g/mol. The number of aliphatic hydroxyl groups is 1. The SMILES string of the molecule is COC(=O)[C@H]1CC(CO)C[C@@H]1COC=O. The van der Waals surface area contributed by atoms with Crippen LogP contribution < -0.4 is 0 Å². The highest BCUT2D eigenvalue weighted by Crippen LogP contribution is 2.37. The summed E-state index contributed by atoms with van der Waals surface area (Å²) >= 11 is 0. The number of methoxy groups -OCH3 is 1. The van der Waals surface area contributed by atoms with Crippen molar-refractivity contribution in [3.05, 3.63) is 0 Å². The third-order valence-electron chi connectivity index (χ3n) is 2.93. The van der Waals surface area contributed by atoms with Crippen molar-refractivity contribution in [2.24, 2.45) is 17.8 Å². The number of rotatable bonds is 5. The van der Waals surface area contributed by atoms with E-state index in [-0.39, 0.29) is 36.9 Å². The maximum Gasteiger partial charge on any atom is 0.309 e. The third-order valence-corrected chi connectivity index (χ3v) is 2.93. The first kappa shape index (κ1) is 12.0. The molecule has 0 aromatic carbocycles. The maximum absolute atomic E-state index is 11.4. The first-order valence-electron chi connectivity index (χ1n) is 4.96. The van der Waals surface area contributed by atoms with Crippen LogP contribution in [-0.2, 0) is 19.1 Å². The van der Waals surface area contributed by atoms with Gasteiger partial charge in [-0.15, -0.1) is 0 Å². The van der Waals surface area contributed by atoms with Crippen LogP contribution in [0, 0.1) is 17.8 Å². The molecule has 0 bridgehead atoms. The fourth-order valence-corrected chi connectivity index (χ4v) is 2.18.